The standard InChI is InChI=1S/C13H21ClN2O/c1-13(2,15)9-16(3)8-10-5-6-11(17-4)7-12(10)14/h5-7H,8-9,15H2,1-4H3. The second kappa shape index (κ2) is 5.71. The van der Waals surface area contributed by atoms with Gasteiger partial charge in [-0.15, -0.1) is 0 Å². The molecule has 0 heterocycles. The minimum absolute atomic E-state index is 0.201. The molecule has 2 N–H and O–H groups in total. The summed E-state index contributed by atoms with van der Waals surface area (Å²) >= 11 is 6.19. The maximum Gasteiger partial charge on any atom is 0.120 e. The van der Waals surface area contributed by atoms with E-state index in [1.54, 1.807) is 7.11 Å². The lowest BCUT2D eigenvalue weighted by Gasteiger charge is -2.26. The Morgan fingerprint density at radius 2 is 2.06 bits per heavy atom. The molecule has 0 aromatic heterocycles. The second-order valence-corrected chi connectivity index (χ2v) is 5.53. The number of ether oxygens (including phenoxy) is 1. The zero-order valence-corrected chi connectivity index (χ0v) is 11.7. The van der Waals surface area contributed by atoms with Gasteiger partial charge < -0.3 is 15.4 Å². The molecular weight excluding hydrogens is 236 g/mol. The van der Waals surface area contributed by atoms with Crippen molar-refractivity contribution in [3.05, 3.63) is 28.8 Å². The predicted molar refractivity (Wildman–Crippen MR) is 72.6 cm³/mol. The first kappa shape index (κ1) is 14.3. The molecule has 1 rings (SSSR count). The Labute approximate surface area is 109 Å². The van der Waals surface area contributed by atoms with Gasteiger partial charge in [0.2, 0.25) is 0 Å². The average molecular weight is 257 g/mol. The van der Waals surface area contributed by atoms with E-state index in [4.69, 9.17) is 22.1 Å². The van der Waals surface area contributed by atoms with Crippen LogP contribution in [0.2, 0.25) is 5.02 Å². The van der Waals surface area contributed by atoms with E-state index in [1.807, 2.05) is 39.1 Å². The van der Waals surface area contributed by atoms with Crippen molar-refractivity contribution in [2.75, 3.05) is 20.7 Å². The minimum atomic E-state index is -0.201. The Kier molecular flexibility index (Phi) is 4.80. The first-order valence-corrected chi connectivity index (χ1v) is 5.99. The molecule has 0 amide bonds. The molecular formula is C13H21ClN2O. The molecule has 3 nitrogen and oxygen atoms in total. The maximum absolute atomic E-state index is 6.19. The van der Waals surface area contributed by atoms with Crippen LogP contribution < -0.4 is 10.5 Å². The molecule has 0 aliphatic carbocycles. The molecule has 1 aromatic carbocycles. The van der Waals surface area contributed by atoms with Gasteiger partial charge in [0.1, 0.15) is 5.75 Å². The van der Waals surface area contributed by atoms with Gasteiger partial charge in [0.25, 0.3) is 0 Å². The largest absolute Gasteiger partial charge is 0.497 e. The number of likely N-dealkylation sites (N-methyl/N-ethyl adjacent to an activating group) is 1. The summed E-state index contributed by atoms with van der Waals surface area (Å²) < 4.78 is 5.12. The predicted octanol–water partition coefficient (Wildman–Crippen LogP) is 2.52. The van der Waals surface area contributed by atoms with Crippen molar-refractivity contribution in [1.29, 1.82) is 0 Å². The summed E-state index contributed by atoms with van der Waals surface area (Å²) in [7, 11) is 3.67. The van der Waals surface area contributed by atoms with Crippen molar-refractivity contribution in [3.63, 3.8) is 0 Å². The highest BCUT2D eigenvalue weighted by Crippen LogP contribution is 2.23. The van der Waals surface area contributed by atoms with E-state index in [0.29, 0.717) is 0 Å². The van der Waals surface area contributed by atoms with Crippen molar-refractivity contribution < 1.29 is 4.74 Å². The quantitative estimate of drug-likeness (QED) is 0.880. The minimum Gasteiger partial charge on any atom is -0.497 e. The highest BCUT2D eigenvalue weighted by Gasteiger charge is 2.14. The zero-order chi connectivity index (χ0) is 13.1. The molecule has 0 atom stereocenters. The molecule has 0 bridgehead atoms. The van der Waals surface area contributed by atoms with E-state index in [1.165, 1.54) is 0 Å². The number of hydrogen-bond acceptors (Lipinski definition) is 3. The number of hydrogen-bond donors (Lipinski definition) is 1. The summed E-state index contributed by atoms with van der Waals surface area (Å²) in [6.45, 7) is 5.62. The van der Waals surface area contributed by atoms with Gasteiger partial charge in [-0.2, -0.15) is 0 Å². The third-order valence-corrected chi connectivity index (χ3v) is 2.73. The van der Waals surface area contributed by atoms with Crippen LogP contribution in [0.4, 0.5) is 0 Å². The Hall–Kier alpha value is -0.770. The Balaban J connectivity index is 2.68. The topological polar surface area (TPSA) is 38.5 Å². The van der Waals surface area contributed by atoms with Gasteiger partial charge in [-0.25, -0.2) is 0 Å². The monoisotopic (exact) mass is 256 g/mol. The number of halogens is 1. The Morgan fingerprint density at radius 3 is 2.53 bits per heavy atom. The molecule has 0 aliphatic heterocycles. The van der Waals surface area contributed by atoms with Crippen LogP contribution in [-0.2, 0) is 6.54 Å². The normalized spacial score (nSPS) is 11.9. The van der Waals surface area contributed by atoms with Crippen LogP contribution in [0.3, 0.4) is 0 Å². The molecule has 0 radical (unpaired) electrons. The van der Waals surface area contributed by atoms with Gasteiger partial charge in [-0.3, -0.25) is 0 Å². The van der Waals surface area contributed by atoms with Gasteiger partial charge in [-0.1, -0.05) is 17.7 Å². The van der Waals surface area contributed by atoms with Crippen LogP contribution in [0.1, 0.15) is 19.4 Å². The van der Waals surface area contributed by atoms with E-state index in [2.05, 4.69) is 4.90 Å². The SMILES string of the molecule is COc1ccc(CN(C)CC(C)(C)N)c(Cl)c1. The zero-order valence-electron chi connectivity index (χ0n) is 11.0. The fourth-order valence-corrected chi connectivity index (χ4v) is 2.06. The first-order valence-electron chi connectivity index (χ1n) is 5.61. The molecule has 4 heteroatoms. The van der Waals surface area contributed by atoms with E-state index < -0.39 is 0 Å². The van der Waals surface area contributed by atoms with Gasteiger partial charge in [0.05, 0.1) is 7.11 Å². The van der Waals surface area contributed by atoms with Crippen LogP contribution in [0.15, 0.2) is 18.2 Å². The van der Waals surface area contributed by atoms with Gasteiger partial charge >= 0.3 is 0 Å². The Bertz CT molecular complexity index is 374. The molecule has 0 spiro atoms. The summed E-state index contributed by atoms with van der Waals surface area (Å²) in [4.78, 5) is 2.16. The van der Waals surface area contributed by atoms with Crippen molar-refractivity contribution in [3.8, 4) is 5.75 Å². The molecule has 0 unspecified atom stereocenters. The number of methoxy groups -OCH3 is 1. The molecule has 96 valence electrons. The number of nitrogens with two attached hydrogens (primary N) is 1. The number of benzene rings is 1. The van der Waals surface area contributed by atoms with Crippen molar-refractivity contribution in [2.45, 2.75) is 25.9 Å². The summed E-state index contributed by atoms with van der Waals surface area (Å²) in [6.07, 6.45) is 0. The fraction of sp³-hybridized carbons (Fsp3) is 0.538. The lowest BCUT2D eigenvalue weighted by molar-refractivity contribution is 0.263. The maximum atomic E-state index is 6.19. The summed E-state index contributed by atoms with van der Waals surface area (Å²) in [5.74, 6) is 0.778. The summed E-state index contributed by atoms with van der Waals surface area (Å²) in [6, 6.07) is 5.74. The third-order valence-electron chi connectivity index (χ3n) is 2.38. The van der Waals surface area contributed by atoms with Crippen molar-refractivity contribution in [2.24, 2.45) is 5.73 Å². The van der Waals surface area contributed by atoms with E-state index >= 15 is 0 Å². The van der Waals surface area contributed by atoms with Crippen LogP contribution >= 0.6 is 11.6 Å². The average Bonchev–Trinajstić information content (AvgIpc) is 2.18. The van der Waals surface area contributed by atoms with Crippen molar-refractivity contribution in [1.82, 2.24) is 4.90 Å². The van der Waals surface area contributed by atoms with E-state index in [9.17, 15) is 0 Å². The van der Waals surface area contributed by atoms with Crippen LogP contribution in [0.25, 0.3) is 0 Å². The molecule has 0 saturated carbocycles. The molecule has 1 aromatic rings. The molecule has 0 fully saturated rings. The Morgan fingerprint density at radius 1 is 1.41 bits per heavy atom. The van der Waals surface area contributed by atoms with Crippen LogP contribution in [-0.4, -0.2) is 31.1 Å². The lowest BCUT2D eigenvalue weighted by Crippen LogP contribution is -2.43. The van der Waals surface area contributed by atoms with Gasteiger partial charge in [0, 0.05) is 23.7 Å². The third kappa shape index (κ3) is 4.94. The highest BCUT2D eigenvalue weighted by molar-refractivity contribution is 6.31. The van der Waals surface area contributed by atoms with Crippen molar-refractivity contribution >= 4 is 11.6 Å². The smallest absolute Gasteiger partial charge is 0.120 e. The molecule has 0 aliphatic rings. The fourth-order valence-electron chi connectivity index (χ4n) is 1.83. The number of nitrogens with zero attached hydrogens (tertiary/aromatic N) is 1. The summed E-state index contributed by atoms with van der Waals surface area (Å²) in [5.41, 5.74) is 6.86. The first-order chi connectivity index (χ1) is 7.81. The highest BCUT2D eigenvalue weighted by atomic mass is 35.5. The van der Waals surface area contributed by atoms with E-state index in [0.717, 1.165) is 29.4 Å². The van der Waals surface area contributed by atoms with Gasteiger partial charge in [-0.05, 0) is 38.6 Å². The van der Waals surface area contributed by atoms with Crippen LogP contribution in [0.5, 0.6) is 5.75 Å². The molecule has 17 heavy (non-hydrogen) atoms. The second-order valence-electron chi connectivity index (χ2n) is 5.12. The number of rotatable bonds is 5. The van der Waals surface area contributed by atoms with Gasteiger partial charge in [0.15, 0.2) is 0 Å². The van der Waals surface area contributed by atoms with E-state index in [-0.39, 0.29) is 5.54 Å². The van der Waals surface area contributed by atoms with Crippen LogP contribution in [0, 0.1) is 0 Å². The summed E-state index contributed by atoms with van der Waals surface area (Å²) in [5, 5.41) is 0.728. The molecule has 0 saturated heterocycles. The lowest BCUT2D eigenvalue weighted by atomic mass is 10.1.